The van der Waals surface area contributed by atoms with Gasteiger partial charge in [-0.1, -0.05) is 6.58 Å². The minimum Gasteiger partial charge on any atom is -0.275 e. The van der Waals surface area contributed by atoms with Crippen LogP contribution < -0.4 is 0 Å². The molecule has 0 fully saturated rings. The van der Waals surface area contributed by atoms with Gasteiger partial charge in [0.25, 0.3) is 0 Å². The van der Waals surface area contributed by atoms with Gasteiger partial charge < -0.3 is 0 Å². The van der Waals surface area contributed by atoms with Crippen LogP contribution in [0, 0.1) is 0 Å². The summed E-state index contributed by atoms with van der Waals surface area (Å²) in [4.78, 5) is 3.54. The summed E-state index contributed by atoms with van der Waals surface area (Å²) in [6.45, 7) is 3.31. The fourth-order valence-corrected chi connectivity index (χ4v) is 0.129. The third-order valence-electron chi connectivity index (χ3n) is 0.315. The molecule has 0 bridgehead atoms. The molecule has 3 nitrogen and oxygen atoms in total. The van der Waals surface area contributed by atoms with Crippen molar-refractivity contribution in [3.8, 4) is 0 Å². The molecule has 0 rings (SSSR count). The maximum absolute atomic E-state index is 3.54. The van der Waals surface area contributed by atoms with E-state index in [1.807, 2.05) is 0 Å². The smallest absolute Gasteiger partial charge is 0.132 e. The first-order valence-corrected chi connectivity index (χ1v) is 1.83. The first-order chi connectivity index (χ1) is 3.41. The Morgan fingerprint density at radius 1 is 1.43 bits per heavy atom. The zero-order chi connectivity index (χ0) is 5.54. The number of nitrogens with zero attached hydrogens (tertiary/aromatic N) is 3. The van der Waals surface area contributed by atoms with Gasteiger partial charge in [0.2, 0.25) is 0 Å². The molecule has 7 heavy (non-hydrogen) atoms. The summed E-state index contributed by atoms with van der Waals surface area (Å²) in [7, 11) is 1.63. The lowest BCUT2D eigenvalue weighted by Crippen LogP contribution is -1.56. The van der Waals surface area contributed by atoms with Crippen LogP contribution in [-0.2, 0) is 0 Å². The Bertz CT molecular complexity index is 93.1. The van der Waals surface area contributed by atoms with E-state index in [9.17, 15) is 0 Å². The van der Waals surface area contributed by atoms with E-state index in [2.05, 4.69) is 21.8 Å². The van der Waals surface area contributed by atoms with E-state index in [1.165, 1.54) is 12.5 Å². The first-order valence-electron chi connectivity index (χ1n) is 1.83. The highest BCUT2D eigenvalue weighted by molar-refractivity contribution is 5.53. The van der Waals surface area contributed by atoms with Crippen LogP contribution in [0.25, 0.3) is 0 Å². The summed E-state index contributed by atoms with van der Waals surface area (Å²) in [6, 6.07) is 0. The van der Waals surface area contributed by atoms with Crippen LogP contribution in [0.15, 0.2) is 28.0 Å². The molecule has 0 spiro atoms. The highest BCUT2D eigenvalue weighted by Crippen LogP contribution is 1.67. The van der Waals surface area contributed by atoms with Gasteiger partial charge in [0.15, 0.2) is 0 Å². The molecule has 0 unspecified atom stereocenters. The molecular weight excluding hydrogens is 90.1 g/mol. The molecule has 0 amide bonds. The number of hydrogen-bond acceptors (Lipinski definition) is 2. The lowest BCUT2D eigenvalue weighted by molar-refractivity contribution is 1.28. The van der Waals surface area contributed by atoms with Crippen LogP contribution in [0.5, 0.6) is 0 Å². The van der Waals surface area contributed by atoms with Crippen molar-refractivity contribution < 1.29 is 0 Å². The van der Waals surface area contributed by atoms with Crippen molar-refractivity contribution >= 4 is 6.34 Å². The third kappa shape index (κ3) is 5.01. The maximum atomic E-state index is 3.54. The van der Waals surface area contributed by atoms with E-state index in [4.69, 9.17) is 0 Å². The van der Waals surface area contributed by atoms with E-state index < -0.39 is 0 Å². The van der Waals surface area contributed by atoms with Crippen LogP contribution in [0.3, 0.4) is 0 Å². The van der Waals surface area contributed by atoms with Gasteiger partial charge in [-0.3, -0.25) is 4.99 Å². The minimum atomic E-state index is 1.35. The topological polar surface area (TPSA) is 37.1 Å². The summed E-state index contributed by atoms with van der Waals surface area (Å²) in [5.74, 6) is 0. The molecule has 3 heteroatoms. The molecule has 0 saturated heterocycles. The SMILES string of the molecule is C=CN=NC=NC. The van der Waals surface area contributed by atoms with Gasteiger partial charge in [-0.15, -0.1) is 5.11 Å². The van der Waals surface area contributed by atoms with Crippen LogP contribution in [0.2, 0.25) is 0 Å². The average Bonchev–Trinajstić information content (AvgIpc) is 1.69. The lowest BCUT2D eigenvalue weighted by Gasteiger charge is -1.65. The Morgan fingerprint density at radius 2 is 2.14 bits per heavy atom. The Hall–Kier alpha value is -0.990. The van der Waals surface area contributed by atoms with Gasteiger partial charge in [-0.05, 0) is 0 Å². The quantitative estimate of drug-likeness (QED) is 0.282. The van der Waals surface area contributed by atoms with Gasteiger partial charge in [0.05, 0.1) is 0 Å². The van der Waals surface area contributed by atoms with E-state index in [0.29, 0.717) is 0 Å². The molecule has 0 saturated carbocycles. The Morgan fingerprint density at radius 3 is 2.57 bits per heavy atom. The predicted octanol–water partition coefficient (Wildman–Crippen LogP) is 1.24. The number of aliphatic imine (C=N–C) groups is 1. The average molecular weight is 97.1 g/mol. The molecule has 0 aliphatic carbocycles. The summed E-state index contributed by atoms with van der Waals surface area (Å²) in [6.07, 6.45) is 2.70. The molecule has 0 aromatic heterocycles. The molecule has 0 aromatic carbocycles. The molecule has 0 heterocycles. The fourth-order valence-electron chi connectivity index (χ4n) is 0.129. The molecule has 0 aliphatic rings. The summed E-state index contributed by atoms with van der Waals surface area (Å²) >= 11 is 0. The van der Waals surface area contributed by atoms with E-state index in [0.717, 1.165) is 0 Å². The van der Waals surface area contributed by atoms with Crippen LogP contribution >= 0.6 is 0 Å². The molecular formula is C4H7N3. The number of rotatable bonds is 2. The fraction of sp³-hybridized carbons (Fsp3) is 0.250. The first kappa shape index (κ1) is 6.01. The Kier molecular flexibility index (Phi) is 4.30. The van der Waals surface area contributed by atoms with Gasteiger partial charge in [-0.2, -0.15) is 5.11 Å². The van der Waals surface area contributed by atoms with E-state index in [-0.39, 0.29) is 0 Å². The van der Waals surface area contributed by atoms with Crippen molar-refractivity contribution in [2.75, 3.05) is 7.05 Å². The highest BCUT2D eigenvalue weighted by Gasteiger charge is 1.53. The van der Waals surface area contributed by atoms with Gasteiger partial charge in [0, 0.05) is 13.2 Å². The monoisotopic (exact) mass is 97.1 g/mol. The molecule has 38 valence electrons. The van der Waals surface area contributed by atoms with Gasteiger partial charge in [-0.25, -0.2) is 0 Å². The molecule has 0 aliphatic heterocycles. The maximum Gasteiger partial charge on any atom is 0.132 e. The van der Waals surface area contributed by atoms with Crippen molar-refractivity contribution in [3.63, 3.8) is 0 Å². The molecule has 0 aromatic rings. The zero-order valence-corrected chi connectivity index (χ0v) is 4.20. The van der Waals surface area contributed by atoms with E-state index >= 15 is 0 Å². The number of hydrogen-bond donors (Lipinski definition) is 0. The largest absolute Gasteiger partial charge is 0.275 e. The highest BCUT2D eigenvalue weighted by atomic mass is 15.1. The van der Waals surface area contributed by atoms with Gasteiger partial charge in [0.1, 0.15) is 6.34 Å². The second-order valence-corrected chi connectivity index (χ2v) is 0.787. The zero-order valence-electron chi connectivity index (χ0n) is 4.20. The van der Waals surface area contributed by atoms with Crippen LogP contribution in [0.1, 0.15) is 0 Å². The van der Waals surface area contributed by atoms with Crippen molar-refractivity contribution in [2.45, 2.75) is 0 Å². The van der Waals surface area contributed by atoms with E-state index in [1.54, 1.807) is 7.05 Å². The lowest BCUT2D eigenvalue weighted by atomic mass is 11.1. The van der Waals surface area contributed by atoms with Crippen molar-refractivity contribution in [3.05, 3.63) is 12.8 Å². The second-order valence-electron chi connectivity index (χ2n) is 0.787. The molecule has 0 radical (unpaired) electrons. The summed E-state index contributed by atoms with van der Waals surface area (Å²) in [5, 5.41) is 6.82. The Balaban J connectivity index is 3.27. The Labute approximate surface area is 42.5 Å². The number of azo groups is 1. The molecule has 0 N–H and O–H groups in total. The summed E-state index contributed by atoms with van der Waals surface area (Å²) < 4.78 is 0. The van der Waals surface area contributed by atoms with Gasteiger partial charge >= 0.3 is 0 Å². The summed E-state index contributed by atoms with van der Waals surface area (Å²) in [5.41, 5.74) is 0. The third-order valence-corrected chi connectivity index (χ3v) is 0.315. The van der Waals surface area contributed by atoms with Crippen molar-refractivity contribution in [2.24, 2.45) is 15.2 Å². The predicted molar refractivity (Wildman–Crippen MR) is 29.5 cm³/mol. The molecule has 0 atom stereocenters. The van der Waals surface area contributed by atoms with Crippen LogP contribution in [0.4, 0.5) is 0 Å². The normalized spacial score (nSPS) is 11.0. The second kappa shape index (κ2) is 5.01. The van der Waals surface area contributed by atoms with Crippen molar-refractivity contribution in [1.29, 1.82) is 0 Å². The standard InChI is InChI=1S/C4H7N3/c1-3-6-7-4-5-2/h3-4H,1H2,2H3. The van der Waals surface area contributed by atoms with Crippen LogP contribution in [-0.4, -0.2) is 13.4 Å². The minimum absolute atomic E-state index is 1.35. The van der Waals surface area contributed by atoms with Crippen molar-refractivity contribution in [1.82, 2.24) is 0 Å².